The van der Waals surface area contributed by atoms with E-state index in [-0.39, 0.29) is 18.0 Å². The van der Waals surface area contributed by atoms with Crippen LogP contribution in [0, 0.1) is 11.3 Å². The van der Waals surface area contributed by atoms with Crippen LogP contribution in [0.5, 0.6) is 0 Å². The minimum absolute atomic E-state index is 0.0204. The molecule has 0 saturated carbocycles. The van der Waals surface area contributed by atoms with Crippen molar-refractivity contribution in [3.05, 3.63) is 71.3 Å². The molecule has 2 aromatic rings. The van der Waals surface area contributed by atoms with E-state index < -0.39 is 17.3 Å². The number of carbonyl (C=O) groups excluding carboxylic acids is 3. The van der Waals surface area contributed by atoms with Gasteiger partial charge >= 0.3 is 5.97 Å². The highest BCUT2D eigenvalue weighted by atomic mass is 16.5. The zero-order valence-corrected chi connectivity index (χ0v) is 16.4. The van der Waals surface area contributed by atoms with E-state index in [1.54, 1.807) is 6.07 Å². The molecule has 0 fully saturated rings. The zero-order valence-electron chi connectivity index (χ0n) is 16.4. The summed E-state index contributed by atoms with van der Waals surface area (Å²) in [7, 11) is 1.32. The van der Waals surface area contributed by atoms with E-state index in [0.717, 1.165) is 11.1 Å². The summed E-state index contributed by atoms with van der Waals surface area (Å²) in [6, 6.07) is 17.3. The molecule has 0 bridgehead atoms. The van der Waals surface area contributed by atoms with Gasteiger partial charge < -0.3 is 9.53 Å². The van der Waals surface area contributed by atoms with E-state index in [1.165, 1.54) is 14.0 Å². The largest absolute Gasteiger partial charge is 0.468 e. The molecule has 2 atom stereocenters. The molecule has 4 nitrogen and oxygen atoms in total. The highest BCUT2D eigenvalue weighted by molar-refractivity contribution is 6.14. The van der Waals surface area contributed by atoms with Crippen molar-refractivity contribution in [1.82, 2.24) is 0 Å². The fraction of sp³-hybridized carbons (Fsp3) is 0.375. The van der Waals surface area contributed by atoms with Crippen molar-refractivity contribution >= 4 is 17.5 Å². The van der Waals surface area contributed by atoms with Crippen LogP contribution in [0.1, 0.15) is 47.7 Å². The molecule has 0 N–H and O–H groups in total. The van der Waals surface area contributed by atoms with Crippen molar-refractivity contribution in [2.75, 3.05) is 7.11 Å². The Hall–Kier alpha value is -2.75. The van der Waals surface area contributed by atoms with Gasteiger partial charge in [0.25, 0.3) is 0 Å². The Kier molecular flexibility index (Phi) is 6.08. The van der Waals surface area contributed by atoms with E-state index in [0.29, 0.717) is 31.2 Å². The molecule has 1 aliphatic carbocycles. The summed E-state index contributed by atoms with van der Waals surface area (Å²) in [4.78, 5) is 38.6. The summed E-state index contributed by atoms with van der Waals surface area (Å²) in [5, 5.41) is 0. The molecule has 0 heterocycles. The van der Waals surface area contributed by atoms with E-state index >= 15 is 0 Å². The number of esters is 1. The number of ether oxygens (including phenoxy) is 1. The van der Waals surface area contributed by atoms with E-state index in [9.17, 15) is 14.4 Å². The maximum absolute atomic E-state index is 13.6. The van der Waals surface area contributed by atoms with Crippen molar-refractivity contribution in [1.29, 1.82) is 0 Å². The van der Waals surface area contributed by atoms with Gasteiger partial charge in [0.2, 0.25) is 0 Å². The molecule has 4 heteroatoms. The predicted octanol–water partition coefficient (Wildman–Crippen LogP) is 4.20. The quantitative estimate of drug-likeness (QED) is 0.535. The normalized spacial score (nSPS) is 19.6. The SMILES string of the molecule is COC(=O)[C@]1([C@@H](CCc2ccccc2)CC(C)=O)CCc2ccccc2C1=O. The predicted molar refractivity (Wildman–Crippen MR) is 107 cm³/mol. The van der Waals surface area contributed by atoms with Crippen LogP contribution in [0.3, 0.4) is 0 Å². The fourth-order valence-electron chi connectivity index (χ4n) is 4.43. The van der Waals surface area contributed by atoms with Gasteiger partial charge in [0.1, 0.15) is 11.2 Å². The van der Waals surface area contributed by atoms with Crippen LogP contribution in [0.4, 0.5) is 0 Å². The summed E-state index contributed by atoms with van der Waals surface area (Å²) in [6.45, 7) is 1.52. The number of benzene rings is 2. The topological polar surface area (TPSA) is 60.4 Å². The fourth-order valence-corrected chi connectivity index (χ4v) is 4.43. The van der Waals surface area contributed by atoms with E-state index in [1.807, 2.05) is 48.5 Å². The lowest BCUT2D eigenvalue weighted by Crippen LogP contribution is -2.50. The number of carbonyl (C=O) groups is 3. The monoisotopic (exact) mass is 378 g/mol. The summed E-state index contributed by atoms with van der Waals surface area (Å²) < 4.78 is 5.12. The van der Waals surface area contributed by atoms with Crippen LogP contribution in [-0.4, -0.2) is 24.6 Å². The number of hydrogen-bond donors (Lipinski definition) is 0. The van der Waals surface area contributed by atoms with Gasteiger partial charge in [0.05, 0.1) is 7.11 Å². The summed E-state index contributed by atoms with van der Waals surface area (Å²) in [6.07, 6.45) is 2.47. The lowest BCUT2D eigenvalue weighted by atomic mass is 9.61. The van der Waals surface area contributed by atoms with Gasteiger partial charge in [-0.15, -0.1) is 0 Å². The maximum Gasteiger partial charge on any atom is 0.320 e. The maximum atomic E-state index is 13.6. The van der Waals surface area contributed by atoms with Crippen molar-refractivity contribution < 1.29 is 19.1 Å². The lowest BCUT2D eigenvalue weighted by molar-refractivity contribution is -0.154. The number of aryl methyl sites for hydroxylation is 2. The Labute approximate surface area is 165 Å². The highest BCUT2D eigenvalue weighted by Crippen LogP contribution is 2.46. The molecule has 3 rings (SSSR count). The van der Waals surface area contributed by atoms with Crippen molar-refractivity contribution in [2.24, 2.45) is 11.3 Å². The zero-order chi connectivity index (χ0) is 20.1. The molecule has 0 spiro atoms. The first-order chi connectivity index (χ1) is 13.5. The van der Waals surface area contributed by atoms with Gasteiger partial charge in [0.15, 0.2) is 5.78 Å². The number of hydrogen-bond acceptors (Lipinski definition) is 4. The van der Waals surface area contributed by atoms with Crippen molar-refractivity contribution in [2.45, 2.75) is 39.0 Å². The molecular formula is C24H26O4. The van der Waals surface area contributed by atoms with E-state index in [2.05, 4.69) is 0 Å². The average molecular weight is 378 g/mol. The van der Waals surface area contributed by atoms with Gasteiger partial charge in [-0.05, 0) is 49.7 Å². The Balaban J connectivity index is 2.00. The molecule has 1 aliphatic rings. The Bertz CT molecular complexity index is 871. The van der Waals surface area contributed by atoms with E-state index in [4.69, 9.17) is 4.74 Å². The standard InChI is InChI=1S/C24H26O4/c1-17(25)16-20(13-12-18-8-4-3-5-9-18)24(23(27)28-2)15-14-19-10-6-7-11-21(19)22(24)26/h3-11,20H,12-16H2,1-2H3/t20-,24-/m0/s1. The lowest BCUT2D eigenvalue weighted by Gasteiger charge is -2.40. The Morgan fingerprint density at radius 1 is 1.07 bits per heavy atom. The summed E-state index contributed by atoms with van der Waals surface area (Å²) in [5.74, 6) is -1.14. The second-order valence-corrected chi connectivity index (χ2v) is 7.58. The molecule has 0 radical (unpaired) electrons. The van der Waals surface area contributed by atoms with Crippen LogP contribution in [0.2, 0.25) is 0 Å². The van der Waals surface area contributed by atoms with Gasteiger partial charge in [-0.25, -0.2) is 0 Å². The molecule has 28 heavy (non-hydrogen) atoms. The van der Waals surface area contributed by atoms with Crippen molar-refractivity contribution in [3.63, 3.8) is 0 Å². The average Bonchev–Trinajstić information content (AvgIpc) is 2.72. The van der Waals surface area contributed by atoms with Crippen LogP contribution >= 0.6 is 0 Å². The number of Topliss-reactive ketones (excluding diaryl/α,β-unsaturated/α-hetero) is 2. The third kappa shape index (κ3) is 3.77. The molecule has 2 aromatic carbocycles. The van der Waals surface area contributed by atoms with Crippen molar-refractivity contribution in [3.8, 4) is 0 Å². The minimum atomic E-state index is -1.30. The van der Waals surface area contributed by atoms with Gasteiger partial charge in [-0.2, -0.15) is 0 Å². The van der Waals surface area contributed by atoms with Gasteiger partial charge in [0, 0.05) is 12.0 Å². The number of fused-ring (bicyclic) bond motifs is 1. The second-order valence-electron chi connectivity index (χ2n) is 7.58. The second kappa shape index (κ2) is 8.51. The number of rotatable bonds is 7. The van der Waals surface area contributed by atoms with Crippen LogP contribution in [-0.2, 0) is 27.2 Å². The third-order valence-electron chi connectivity index (χ3n) is 5.86. The first kappa shape index (κ1) is 20.0. The third-order valence-corrected chi connectivity index (χ3v) is 5.86. The molecular weight excluding hydrogens is 352 g/mol. The van der Waals surface area contributed by atoms with Crippen LogP contribution in [0.25, 0.3) is 0 Å². The molecule has 0 aromatic heterocycles. The summed E-state index contributed by atoms with van der Waals surface area (Å²) in [5.41, 5.74) is 1.35. The minimum Gasteiger partial charge on any atom is -0.468 e. The van der Waals surface area contributed by atoms with Gasteiger partial charge in [-0.1, -0.05) is 54.6 Å². The number of ketones is 2. The Morgan fingerprint density at radius 3 is 2.43 bits per heavy atom. The molecule has 0 amide bonds. The smallest absolute Gasteiger partial charge is 0.320 e. The molecule has 0 unspecified atom stereocenters. The van der Waals surface area contributed by atoms with Crippen LogP contribution in [0.15, 0.2) is 54.6 Å². The summed E-state index contributed by atoms with van der Waals surface area (Å²) >= 11 is 0. The number of methoxy groups -OCH3 is 1. The van der Waals surface area contributed by atoms with Crippen LogP contribution < -0.4 is 0 Å². The first-order valence-corrected chi connectivity index (χ1v) is 9.73. The molecule has 0 aliphatic heterocycles. The van der Waals surface area contributed by atoms with Gasteiger partial charge in [-0.3, -0.25) is 9.59 Å². The molecule has 0 saturated heterocycles. The first-order valence-electron chi connectivity index (χ1n) is 9.73. The molecule has 146 valence electrons. The highest BCUT2D eigenvalue weighted by Gasteiger charge is 2.54. The Morgan fingerprint density at radius 2 is 1.75 bits per heavy atom.